The predicted octanol–water partition coefficient (Wildman–Crippen LogP) is 4.86. The summed E-state index contributed by atoms with van der Waals surface area (Å²) >= 11 is 11.9. The molecule has 0 aliphatic heterocycles. The number of rotatable bonds is 2. The first kappa shape index (κ1) is 20.1. The van der Waals surface area contributed by atoms with E-state index in [-0.39, 0.29) is 10.6 Å². The Balaban J connectivity index is 2.40. The molecule has 2 amide bonds. The number of benzene rings is 2. The SMILES string of the molecule is CC(C)(C)N(NC(=O)c1c(F)cccc1F)C(=O)c1ccc(Cl)cc1Cl. The summed E-state index contributed by atoms with van der Waals surface area (Å²) < 4.78 is 27.7. The van der Waals surface area contributed by atoms with Gasteiger partial charge in [-0.1, -0.05) is 29.3 Å². The average Bonchev–Trinajstić information content (AvgIpc) is 2.50. The highest BCUT2D eigenvalue weighted by atomic mass is 35.5. The minimum Gasteiger partial charge on any atom is -0.267 e. The van der Waals surface area contributed by atoms with E-state index in [1.165, 1.54) is 18.2 Å². The van der Waals surface area contributed by atoms with Crippen LogP contribution in [0.4, 0.5) is 8.78 Å². The molecule has 0 aliphatic rings. The third-order valence-corrected chi connectivity index (χ3v) is 3.99. The number of nitrogens with one attached hydrogen (secondary N) is 1. The van der Waals surface area contributed by atoms with Crippen molar-refractivity contribution in [2.24, 2.45) is 0 Å². The van der Waals surface area contributed by atoms with Crippen LogP contribution in [0.25, 0.3) is 0 Å². The molecule has 1 N–H and O–H groups in total. The molecule has 26 heavy (non-hydrogen) atoms. The first-order valence-corrected chi connectivity index (χ1v) is 8.32. The van der Waals surface area contributed by atoms with E-state index in [1.54, 1.807) is 20.8 Å². The van der Waals surface area contributed by atoms with Gasteiger partial charge in [0.15, 0.2) is 0 Å². The van der Waals surface area contributed by atoms with Gasteiger partial charge in [-0.25, -0.2) is 13.8 Å². The van der Waals surface area contributed by atoms with E-state index >= 15 is 0 Å². The number of amides is 2. The van der Waals surface area contributed by atoms with Crippen molar-refractivity contribution in [2.45, 2.75) is 26.3 Å². The van der Waals surface area contributed by atoms with E-state index in [9.17, 15) is 18.4 Å². The first-order valence-electron chi connectivity index (χ1n) is 7.57. The molecule has 0 aliphatic carbocycles. The van der Waals surface area contributed by atoms with Crippen LogP contribution in [0.5, 0.6) is 0 Å². The van der Waals surface area contributed by atoms with Crippen molar-refractivity contribution >= 4 is 35.0 Å². The van der Waals surface area contributed by atoms with Gasteiger partial charge < -0.3 is 0 Å². The summed E-state index contributed by atoms with van der Waals surface area (Å²) in [7, 11) is 0. The monoisotopic (exact) mass is 400 g/mol. The molecule has 0 fully saturated rings. The van der Waals surface area contributed by atoms with E-state index in [0.717, 1.165) is 23.2 Å². The summed E-state index contributed by atoms with van der Waals surface area (Å²) in [5.74, 6) is -3.81. The van der Waals surface area contributed by atoms with Crippen LogP contribution in [0.2, 0.25) is 10.0 Å². The second kappa shape index (κ2) is 7.60. The molecule has 8 heteroatoms. The van der Waals surface area contributed by atoms with Gasteiger partial charge in [0, 0.05) is 5.02 Å². The molecular weight excluding hydrogens is 385 g/mol. The van der Waals surface area contributed by atoms with Crippen LogP contribution in [-0.4, -0.2) is 22.4 Å². The van der Waals surface area contributed by atoms with Crippen molar-refractivity contribution in [3.63, 3.8) is 0 Å². The van der Waals surface area contributed by atoms with E-state index < -0.39 is 34.6 Å². The lowest BCUT2D eigenvalue weighted by Crippen LogP contribution is -2.56. The second-order valence-corrected chi connectivity index (χ2v) is 7.32. The van der Waals surface area contributed by atoms with Crippen LogP contribution in [0, 0.1) is 11.6 Å². The maximum absolute atomic E-state index is 13.8. The van der Waals surface area contributed by atoms with E-state index in [1.807, 2.05) is 0 Å². The summed E-state index contributed by atoms with van der Waals surface area (Å²) in [5.41, 5.74) is 0.666. The normalized spacial score (nSPS) is 11.2. The van der Waals surface area contributed by atoms with Gasteiger partial charge in [0.25, 0.3) is 11.8 Å². The van der Waals surface area contributed by atoms with Gasteiger partial charge in [-0.15, -0.1) is 0 Å². The zero-order valence-corrected chi connectivity index (χ0v) is 15.8. The van der Waals surface area contributed by atoms with Gasteiger partial charge in [0.1, 0.15) is 17.2 Å². The molecule has 0 atom stereocenters. The van der Waals surface area contributed by atoms with Gasteiger partial charge in [-0.05, 0) is 51.1 Å². The lowest BCUT2D eigenvalue weighted by molar-refractivity contribution is 0.0355. The Bertz CT molecular complexity index is 847. The fourth-order valence-electron chi connectivity index (χ4n) is 2.18. The minimum atomic E-state index is -1.09. The number of hydrogen-bond acceptors (Lipinski definition) is 2. The van der Waals surface area contributed by atoms with Crippen LogP contribution < -0.4 is 5.43 Å². The van der Waals surface area contributed by atoms with E-state index in [4.69, 9.17) is 23.2 Å². The van der Waals surface area contributed by atoms with Crippen molar-refractivity contribution in [2.75, 3.05) is 0 Å². The molecule has 0 aromatic heterocycles. The zero-order chi connectivity index (χ0) is 19.6. The number of carbonyl (C=O) groups excluding carboxylic acids is 2. The largest absolute Gasteiger partial charge is 0.275 e. The Morgan fingerprint density at radius 1 is 1.04 bits per heavy atom. The summed E-state index contributed by atoms with van der Waals surface area (Å²) in [6.45, 7) is 4.94. The minimum absolute atomic E-state index is 0.0836. The van der Waals surface area contributed by atoms with Gasteiger partial charge in [-0.3, -0.25) is 15.0 Å². The van der Waals surface area contributed by atoms with Gasteiger partial charge in [0.05, 0.1) is 16.1 Å². The molecular formula is C18H16Cl2F2N2O2. The second-order valence-electron chi connectivity index (χ2n) is 6.47. The Labute approximate surface area is 159 Å². The highest BCUT2D eigenvalue weighted by molar-refractivity contribution is 6.36. The van der Waals surface area contributed by atoms with Crippen molar-refractivity contribution in [1.82, 2.24) is 10.4 Å². The maximum atomic E-state index is 13.8. The molecule has 0 bridgehead atoms. The molecule has 2 aromatic carbocycles. The maximum Gasteiger partial charge on any atom is 0.275 e. The quantitative estimate of drug-likeness (QED) is 0.731. The highest BCUT2D eigenvalue weighted by Gasteiger charge is 2.32. The number of hydrazine groups is 1. The number of hydrogen-bond donors (Lipinski definition) is 1. The number of carbonyl (C=O) groups is 2. The number of halogens is 4. The van der Waals surface area contributed by atoms with Crippen LogP contribution >= 0.6 is 23.2 Å². The summed E-state index contributed by atoms with van der Waals surface area (Å²) in [4.78, 5) is 25.2. The zero-order valence-electron chi connectivity index (χ0n) is 14.2. The molecule has 2 aromatic rings. The fourth-order valence-corrected chi connectivity index (χ4v) is 2.67. The predicted molar refractivity (Wildman–Crippen MR) is 96.2 cm³/mol. The van der Waals surface area contributed by atoms with Crippen LogP contribution in [0.15, 0.2) is 36.4 Å². The number of nitrogens with zero attached hydrogens (tertiary/aromatic N) is 1. The van der Waals surface area contributed by atoms with Gasteiger partial charge >= 0.3 is 0 Å². The molecule has 0 spiro atoms. The van der Waals surface area contributed by atoms with Crippen molar-refractivity contribution in [1.29, 1.82) is 0 Å². The lowest BCUT2D eigenvalue weighted by Gasteiger charge is -2.35. The van der Waals surface area contributed by atoms with E-state index in [2.05, 4.69) is 5.43 Å². The van der Waals surface area contributed by atoms with Crippen LogP contribution in [0.3, 0.4) is 0 Å². The van der Waals surface area contributed by atoms with Crippen molar-refractivity contribution in [3.05, 3.63) is 69.2 Å². The Kier molecular flexibility index (Phi) is 5.88. The van der Waals surface area contributed by atoms with E-state index in [0.29, 0.717) is 5.02 Å². The Morgan fingerprint density at radius 2 is 1.62 bits per heavy atom. The summed E-state index contributed by atoms with van der Waals surface area (Å²) in [6.07, 6.45) is 0. The van der Waals surface area contributed by atoms with Crippen molar-refractivity contribution in [3.8, 4) is 0 Å². The Hall–Kier alpha value is -2.18. The van der Waals surface area contributed by atoms with Crippen molar-refractivity contribution < 1.29 is 18.4 Å². The van der Waals surface area contributed by atoms with Crippen LogP contribution in [0.1, 0.15) is 41.5 Å². The van der Waals surface area contributed by atoms with Gasteiger partial charge in [0.2, 0.25) is 0 Å². The molecule has 0 heterocycles. The topological polar surface area (TPSA) is 49.4 Å². The molecule has 0 saturated heterocycles. The summed E-state index contributed by atoms with van der Waals surface area (Å²) in [5, 5.41) is 1.39. The third-order valence-electron chi connectivity index (χ3n) is 3.44. The highest BCUT2D eigenvalue weighted by Crippen LogP contribution is 2.25. The van der Waals surface area contributed by atoms with Gasteiger partial charge in [-0.2, -0.15) is 0 Å². The molecule has 0 unspecified atom stereocenters. The molecule has 0 saturated carbocycles. The molecule has 2 rings (SSSR count). The molecule has 138 valence electrons. The standard InChI is InChI=1S/C18H16Cl2F2N2O2/c1-18(2,3)24(17(26)11-8-7-10(19)9-12(11)20)23-16(25)15-13(21)5-4-6-14(15)22/h4-9H,1-3H3,(H,23,25). The molecule has 0 radical (unpaired) electrons. The smallest absolute Gasteiger partial charge is 0.267 e. The fraction of sp³-hybridized carbons (Fsp3) is 0.222. The third kappa shape index (κ3) is 4.31. The first-order chi connectivity index (χ1) is 12.0. The Morgan fingerprint density at radius 3 is 2.12 bits per heavy atom. The van der Waals surface area contributed by atoms with Crippen LogP contribution in [-0.2, 0) is 0 Å². The molecule has 4 nitrogen and oxygen atoms in total. The lowest BCUT2D eigenvalue weighted by atomic mass is 10.1. The average molecular weight is 401 g/mol. The summed E-state index contributed by atoms with van der Waals surface area (Å²) in [6, 6.07) is 7.31.